The summed E-state index contributed by atoms with van der Waals surface area (Å²) in [4.78, 5) is 11.0. The van der Waals surface area contributed by atoms with Gasteiger partial charge >= 0.3 is 5.97 Å². The molecule has 2 N–H and O–H groups in total. The molecule has 15 heavy (non-hydrogen) atoms. The minimum atomic E-state index is -1.04. The molecule has 0 spiro atoms. The number of rotatable bonds is 4. The fraction of sp³-hybridized carbons (Fsp3) is 0.182. The Morgan fingerprint density at radius 2 is 2.33 bits per heavy atom. The van der Waals surface area contributed by atoms with E-state index in [0.717, 1.165) is 0 Å². The molecule has 0 saturated carbocycles. The Kier molecular flexibility index (Phi) is 3.74. The molecule has 0 saturated heterocycles. The van der Waals surface area contributed by atoms with E-state index < -0.39 is 5.97 Å². The van der Waals surface area contributed by atoms with Crippen molar-refractivity contribution in [3.63, 3.8) is 0 Å². The lowest BCUT2D eigenvalue weighted by atomic mass is 10.1. The molecule has 3 nitrogen and oxygen atoms in total. The molecule has 0 radical (unpaired) electrons. The summed E-state index contributed by atoms with van der Waals surface area (Å²) in [6.07, 6.45) is 1.69. The number of anilines is 1. The highest BCUT2D eigenvalue weighted by Crippen LogP contribution is 2.24. The number of halogens is 1. The van der Waals surface area contributed by atoms with Gasteiger partial charge in [0, 0.05) is 6.04 Å². The third kappa shape index (κ3) is 2.73. The van der Waals surface area contributed by atoms with E-state index in [0.29, 0.717) is 5.69 Å². The lowest BCUT2D eigenvalue weighted by Gasteiger charge is -2.13. The van der Waals surface area contributed by atoms with Crippen LogP contribution in [0.1, 0.15) is 17.3 Å². The van der Waals surface area contributed by atoms with Crippen LogP contribution in [0.3, 0.4) is 0 Å². The minimum absolute atomic E-state index is 0.0124. The average molecular weight is 226 g/mol. The summed E-state index contributed by atoms with van der Waals surface area (Å²) in [7, 11) is 0. The van der Waals surface area contributed by atoms with E-state index in [2.05, 4.69) is 11.9 Å². The summed E-state index contributed by atoms with van der Waals surface area (Å²) in [6.45, 7) is 5.49. The molecule has 1 aromatic rings. The van der Waals surface area contributed by atoms with E-state index in [1.807, 2.05) is 6.92 Å². The molecule has 0 aliphatic heterocycles. The second kappa shape index (κ2) is 4.84. The fourth-order valence-electron chi connectivity index (χ4n) is 1.17. The highest BCUT2D eigenvalue weighted by Gasteiger charge is 2.14. The number of hydrogen-bond donors (Lipinski definition) is 2. The highest BCUT2D eigenvalue weighted by molar-refractivity contribution is 6.34. The summed E-state index contributed by atoms with van der Waals surface area (Å²) < 4.78 is 0. The molecule has 0 aliphatic rings. The largest absolute Gasteiger partial charge is 0.478 e. The molecular weight excluding hydrogens is 214 g/mol. The Balaban J connectivity index is 3.11. The second-order valence-electron chi connectivity index (χ2n) is 3.14. The smallest absolute Gasteiger partial charge is 0.339 e. The number of aromatic carboxylic acids is 1. The van der Waals surface area contributed by atoms with Crippen LogP contribution in [0.5, 0.6) is 0 Å². The number of carboxylic acids is 1. The molecular formula is C11H12ClNO2. The zero-order valence-corrected chi connectivity index (χ0v) is 9.08. The molecule has 0 heterocycles. The Hall–Kier alpha value is -1.48. The van der Waals surface area contributed by atoms with Crippen LogP contribution in [0.25, 0.3) is 0 Å². The first-order chi connectivity index (χ1) is 7.06. The predicted molar refractivity (Wildman–Crippen MR) is 61.7 cm³/mol. The summed E-state index contributed by atoms with van der Waals surface area (Å²) in [6, 6.07) is 4.92. The molecule has 1 aromatic carbocycles. The van der Waals surface area contributed by atoms with E-state index in [4.69, 9.17) is 16.7 Å². The van der Waals surface area contributed by atoms with Crippen molar-refractivity contribution in [2.24, 2.45) is 0 Å². The molecule has 0 aromatic heterocycles. The molecule has 0 fully saturated rings. The van der Waals surface area contributed by atoms with Crippen LogP contribution in [-0.2, 0) is 0 Å². The Morgan fingerprint density at radius 3 is 2.87 bits per heavy atom. The second-order valence-corrected chi connectivity index (χ2v) is 3.54. The van der Waals surface area contributed by atoms with Crippen LogP contribution >= 0.6 is 11.6 Å². The van der Waals surface area contributed by atoms with E-state index in [9.17, 15) is 4.79 Å². The van der Waals surface area contributed by atoms with Gasteiger partial charge in [0.2, 0.25) is 0 Å². The molecule has 4 heteroatoms. The number of hydrogen-bond acceptors (Lipinski definition) is 2. The maximum atomic E-state index is 11.0. The van der Waals surface area contributed by atoms with Gasteiger partial charge in [-0.3, -0.25) is 0 Å². The first-order valence-corrected chi connectivity index (χ1v) is 4.85. The predicted octanol–water partition coefficient (Wildman–Crippen LogP) is 3.02. The van der Waals surface area contributed by atoms with Crippen molar-refractivity contribution in [2.45, 2.75) is 13.0 Å². The lowest BCUT2D eigenvalue weighted by molar-refractivity contribution is 0.0698. The zero-order chi connectivity index (χ0) is 11.4. The zero-order valence-electron chi connectivity index (χ0n) is 8.33. The van der Waals surface area contributed by atoms with Crippen LogP contribution < -0.4 is 5.32 Å². The van der Waals surface area contributed by atoms with E-state index in [1.165, 1.54) is 0 Å². The van der Waals surface area contributed by atoms with Gasteiger partial charge in [0.25, 0.3) is 0 Å². The molecule has 0 amide bonds. The summed E-state index contributed by atoms with van der Waals surface area (Å²) in [5, 5.41) is 12.2. The minimum Gasteiger partial charge on any atom is -0.478 e. The van der Waals surface area contributed by atoms with E-state index in [1.54, 1.807) is 24.3 Å². The van der Waals surface area contributed by atoms with Gasteiger partial charge in [-0.15, -0.1) is 6.58 Å². The van der Waals surface area contributed by atoms with Crippen LogP contribution in [0.4, 0.5) is 5.69 Å². The standard InChI is InChI=1S/C11H12ClNO2/c1-3-7(2)13-9-6-4-5-8(12)10(9)11(14)15/h3-7,13H,1H2,2H3,(H,14,15). The number of benzene rings is 1. The van der Waals surface area contributed by atoms with Crippen LogP contribution in [0.15, 0.2) is 30.9 Å². The van der Waals surface area contributed by atoms with E-state index >= 15 is 0 Å². The van der Waals surface area contributed by atoms with Gasteiger partial charge in [-0.2, -0.15) is 0 Å². The van der Waals surface area contributed by atoms with Gasteiger partial charge in [-0.05, 0) is 19.1 Å². The van der Waals surface area contributed by atoms with Gasteiger partial charge in [-0.1, -0.05) is 23.7 Å². The van der Waals surface area contributed by atoms with Crippen LogP contribution in [0, 0.1) is 0 Å². The number of carbonyl (C=O) groups is 1. The molecule has 1 rings (SSSR count). The number of carboxylic acid groups (broad SMARTS) is 1. The van der Waals surface area contributed by atoms with Crippen LogP contribution in [0.2, 0.25) is 5.02 Å². The molecule has 1 atom stereocenters. The molecule has 0 aliphatic carbocycles. The maximum absolute atomic E-state index is 11.0. The normalized spacial score (nSPS) is 11.9. The van der Waals surface area contributed by atoms with Crippen molar-refractivity contribution in [3.05, 3.63) is 41.4 Å². The quantitative estimate of drug-likeness (QED) is 0.775. The van der Waals surface area contributed by atoms with Crippen LogP contribution in [-0.4, -0.2) is 17.1 Å². The third-order valence-electron chi connectivity index (χ3n) is 1.96. The van der Waals surface area contributed by atoms with Gasteiger partial charge in [0.15, 0.2) is 0 Å². The van der Waals surface area contributed by atoms with Gasteiger partial charge in [0.05, 0.1) is 10.7 Å². The number of nitrogens with one attached hydrogen (secondary N) is 1. The highest BCUT2D eigenvalue weighted by atomic mass is 35.5. The Labute approximate surface area is 93.4 Å². The Morgan fingerprint density at radius 1 is 1.67 bits per heavy atom. The van der Waals surface area contributed by atoms with Crippen molar-refractivity contribution >= 4 is 23.3 Å². The van der Waals surface area contributed by atoms with E-state index in [-0.39, 0.29) is 16.6 Å². The molecule has 1 unspecified atom stereocenters. The summed E-state index contributed by atoms with van der Waals surface area (Å²) in [5.74, 6) is -1.04. The SMILES string of the molecule is C=CC(C)Nc1cccc(Cl)c1C(=O)O. The average Bonchev–Trinajstić information content (AvgIpc) is 2.17. The monoisotopic (exact) mass is 225 g/mol. The lowest BCUT2D eigenvalue weighted by Crippen LogP contribution is -2.14. The van der Waals surface area contributed by atoms with Crippen molar-refractivity contribution < 1.29 is 9.90 Å². The summed E-state index contributed by atoms with van der Waals surface area (Å²) >= 11 is 5.80. The van der Waals surface area contributed by atoms with Gasteiger partial charge in [-0.25, -0.2) is 4.79 Å². The summed E-state index contributed by atoms with van der Waals surface area (Å²) in [5.41, 5.74) is 0.593. The van der Waals surface area contributed by atoms with Crippen molar-refractivity contribution in [2.75, 3.05) is 5.32 Å². The third-order valence-corrected chi connectivity index (χ3v) is 2.28. The van der Waals surface area contributed by atoms with Gasteiger partial charge in [0.1, 0.15) is 5.56 Å². The molecule has 0 bridgehead atoms. The van der Waals surface area contributed by atoms with Crippen molar-refractivity contribution in [3.8, 4) is 0 Å². The first-order valence-electron chi connectivity index (χ1n) is 4.47. The topological polar surface area (TPSA) is 49.3 Å². The fourth-order valence-corrected chi connectivity index (χ4v) is 1.42. The van der Waals surface area contributed by atoms with Crippen molar-refractivity contribution in [1.82, 2.24) is 0 Å². The first kappa shape index (κ1) is 11.6. The Bertz CT molecular complexity index is 390. The molecule has 80 valence electrons. The maximum Gasteiger partial charge on any atom is 0.339 e. The van der Waals surface area contributed by atoms with Crippen molar-refractivity contribution in [1.29, 1.82) is 0 Å². The van der Waals surface area contributed by atoms with Gasteiger partial charge < -0.3 is 10.4 Å².